The van der Waals surface area contributed by atoms with Crippen LogP contribution in [0.2, 0.25) is 5.02 Å². The summed E-state index contributed by atoms with van der Waals surface area (Å²) < 4.78 is 68.4. The van der Waals surface area contributed by atoms with E-state index in [1.807, 2.05) is 0 Å². The van der Waals surface area contributed by atoms with E-state index in [1.165, 1.54) is 0 Å². The van der Waals surface area contributed by atoms with Crippen molar-refractivity contribution in [1.82, 2.24) is 15.0 Å². The number of rotatable bonds is 7. The minimum Gasteiger partial charge on any atom is -0.475 e. The number of halogens is 6. The van der Waals surface area contributed by atoms with Crippen LogP contribution < -0.4 is 10.1 Å². The Bertz CT molecular complexity index is 727. The summed E-state index contributed by atoms with van der Waals surface area (Å²) in [6.07, 6.45) is -5.20. The second-order valence-corrected chi connectivity index (χ2v) is 5.54. The summed E-state index contributed by atoms with van der Waals surface area (Å²) in [6.45, 7) is 1.81. The van der Waals surface area contributed by atoms with E-state index in [-0.39, 0.29) is 23.3 Å². The van der Waals surface area contributed by atoms with Crippen molar-refractivity contribution in [3.8, 4) is 5.88 Å². The molecular formula is C15H14ClF5N4O. The predicted octanol–water partition coefficient (Wildman–Crippen LogP) is 4.75. The third-order valence-corrected chi connectivity index (χ3v) is 3.73. The zero-order chi connectivity index (χ0) is 19.3. The van der Waals surface area contributed by atoms with E-state index in [0.29, 0.717) is 12.6 Å². The molecule has 0 aliphatic carbocycles. The molecular weight excluding hydrogens is 383 g/mol. The lowest BCUT2D eigenvalue weighted by Crippen LogP contribution is -2.27. The Kier molecular flexibility index (Phi) is 6.52. The average Bonchev–Trinajstić information content (AvgIpc) is 2.59. The molecule has 2 aromatic rings. The van der Waals surface area contributed by atoms with Crippen molar-refractivity contribution in [2.45, 2.75) is 32.0 Å². The average molecular weight is 397 g/mol. The van der Waals surface area contributed by atoms with Gasteiger partial charge in [0.15, 0.2) is 0 Å². The van der Waals surface area contributed by atoms with Crippen LogP contribution >= 0.6 is 11.6 Å². The Morgan fingerprint density at radius 3 is 2.46 bits per heavy atom. The molecule has 2 rings (SSSR count). The number of pyridine rings is 1. The number of alkyl halides is 5. The molecule has 0 amide bonds. The third-order valence-electron chi connectivity index (χ3n) is 3.35. The van der Waals surface area contributed by atoms with Crippen LogP contribution in [0.15, 0.2) is 24.7 Å². The van der Waals surface area contributed by atoms with Gasteiger partial charge in [-0.05, 0) is 12.5 Å². The molecule has 1 atom stereocenters. The van der Waals surface area contributed by atoms with Gasteiger partial charge in [-0.15, -0.1) is 0 Å². The first-order valence-electron chi connectivity index (χ1n) is 7.43. The molecule has 0 saturated heterocycles. The number of nitrogens with one attached hydrogen (secondary N) is 1. The summed E-state index contributed by atoms with van der Waals surface area (Å²) >= 11 is 5.85. The highest BCUT2D eigenvalue weighted by Gasteiger charge is 2.30. The van der Waals surface area contributed by atoms with Gasteiger partial charge in [-0.25, -0.2) is 23.7 Å². The molecule has 0 aromatic carbocycles. The summed E-state index contributed by atoms with van der Waals surface area (Å²) in [5.74, 6) is 0.0214. The van der Waals surface area contributed by atoms with Crippen molar-refractivity contribution in [3.63, 3.8) is 0 Å². The van der Waals surface area contributed by atoms with Crippen molar-refractivity contribution in [1.29, 1.82) is 0 Å². The minimum atomic E-state index is -4.48. The van der Waals surface area contributed by atoms with Crippen molar-refractivity contribution >= 4 is 17.4 Å². The molecule has 0 fully saturated rings. The first kappa shape index (κ1) is 20.1. The van der Waals surface area contributed by atoms with E-state index in [9.17, 15) is 22.0 Å². The largest absolute Gasteiger partial charge is 0.475 e. The van der Waals surface area contributed by atoms with Crippen molar-refractivity contribution < 1.29 is 26.7 Å². The Labute approximate surface area is 150 Å². The number of hydrogen-bond donors (Lipinski definition) is 1. The highest BCUT2D eigenvalue weighted by Crippen LogP contribution is 2.30. The Balaban J connectivity index is 2.01. The van der Waals surface area contributed by atoms with E-state index >= 15 is 0 Å². The monoisotopic (exact) mass is 396 g/mol. The number of aromatic nitrogens is 3. The third kappa shape index (κ3) is 5.13. The molecule has 0 saturated carbocycles. The smallest absolute Gasteiger partial charge is 0.417 e. The van der Waals surface area contributed by atoms with Crippen LogP contribution in [0, 0.1) is 0 Å². The molecule has 142 valence electrons. The first-order valence-corrected chi connectivity index (χ1v) is 7.81. The van der Waals surface area contributed by atoms with Gasteiger partial charge in [-0.3, -0.25) is 0 Å². The minimum absolute atomic E-state index is 0.000281. The highest BCUT2D eigenvalue weighted by atomic mass is 35.5. The van der Waals surface area contributed by atoms with Crippen LogP contribution in [0.3, 0.4) is 0 Å². The van der Waals surface area contributed by atoms with E-state index < -0.39 is 29.9 Å². The molecule has 5 nitrogen and oxygen atoms in total. The molecule has 1 N–H and O–H groups in total. The molecule has 0 aliphatic heterocycles. The fraction of sp³-hybridized carbons (Fsp3) is 0.400. The Hall–Kier alpha value is -2.23. The Morgan fingerprint density at radius 1 is 1.19 bits per heavy atom. The lowest BCUT2D eigenvalue weighted by molar-refractivity contribution is -0.137. The quantitative estimate of drug-likeness (QED) is 0.684. The van der Waals surface area contributed by atoms with Gasteiger partial charge in [0.1, 0.15) is 29.5 Å². The van der Waals surface area contributed by atoms with E-state index in [2.05, 4.69) is 20.3 Å². The number of hydrogen-bond acceptors (Lipinski definition) is 5. The predicted molar refractivity (Wildman–Crippen MR) is 84.4 cm³/mol. The second-order valence-electron chi connectivity index (χ2n) is 5.17. The second kappa shape index (κ2) is 8.43. The molecule has 1 unspecified atom stereocenters. The fourth-order valence-corrected chi connectivity index (χ4v) is 2.15. The van der Waals surface area contributed by atoms with Gasteiger partial charge in [-0.1, -0.05) is 18.5 Å². The summed E-state index contributed by atoms with van der Waals surface area (Å²) in [5, 5.41) is 2.55. The molecule has 0 spiro atoms. The zero-order valence-electron chi connectivity index (χ0n) is 13.4. The van der Waals surface area contributed by atoms with Gasteiger partial charge in [0.2, 0.25) is 5.88 Å². The van der Waals surface area contributed by atoms with Crippen LogP contribution in [0.4, 0.5) is 27.8 Å². The van der Waals surface area contributed by atoms with Gasteiger partial charge in [0, 0.05) is 12.3 Å². The lowest BCUT2D eigenvalue weighted by Gasteiger charge is -2.19. The van der Waals surface area contributed by atoms with Crippen molar-refractivity contribution in [3.05, 3.63) is 40.9 Å². The molecule has 0 aliphatic rings. The van der Waals surface area contributed by atoms with E-state index in [1.54, 1.807) is 6.92 Å². The first-order chi connectivity index (χ1) is 12.2. The summed E-state index contributed by atoms with van der Waals surface area (Å²) in [7, 11) is 0. The van der Waals surface area contributed by atoms with E-state index in [0.717, 1.165) is 18.5 Å². The van der Waals surface area contributed by atoms with Gasteiger partial charge in [-0.2, -0.15) is 13.2 Å². The SMILES string of the molecule is CCC(COc1ccc(C(F)(F)F)cn1)Nc1ncnc(C(F)F)c1Cl. The van der Waals surface area contributed by atoms with Gasteiger partial charge < -0.3 is 10.1 Å². The summed E-state index contributed by atoms with van der Waals surface area (Å²) in [4.78, 5) is 10.8. The maximum absolute atomic E-state index is 12.8. The number of anilines is 1. The van der Waals surface area contributed by atoms with Crippen LogP contribution in [0.25, 0.3) is 0 Å². The molecule has 2 aromatic heterocycles. The molecule has 0 bridgehead atoms. The molecule has 11 heteroatoms. The summed E-state index contributed by atoms with van der Waals surface area (Å²) in [6, 6.07) is 1.56. The topological polar surface area (TPSA) is 59.9 Å². The molecule has 2 heterocycles. The van der Waals surface area contributed by atoms with E-state index in [4.69, 9.17) is 16.3 Å². The fourth-order valence-electron chi connectivity index (χ4n) is 1.91. The van der Waals surface area contributed by atoms with Crippen molar-refractivity contribution in [2.75, 3.05) is 11.9 Å². The van der Waals surface area contributed by atoms with Crippen LogP contribution in [-0.4, -0.2) is 27.6 Å². The standard InChI is InChI=1S/C15H14ClF5N4O/c1-2-9(25-14-11(16)12(13(17)18)23-7-24-14)6-26-10-4-3-8(5-22-10)15(19,20)21/h3-5,7,9,13H,2,6H2,1H3,(H,23,24,25). The zero-order valence-corrected chi connectivity index (χ0v) is 14.2. The molecule has 26 heavy (non-hydrogen) atoms. The van der Waals surface area contributed by atoms with Gasteiger partial charge in [0.05, 0.1) is 11.6 Å². The lowest BCUT2D eigenvalue weighted by atomic mass is 10.2. The Morgan fingerprint density at radius 2 is 1.92 bits per heavy atom. The number of ether oxygens (including phenoxy) is 1. The van der Waals surface area contributed by atoms with Crippen LogP contribution in [0.5, 0.6) is 5.88 Å². The maximum Gasteiger partial charge on any atom is 0.417 e. The van der Waals surface area contributed by atoms with Gasteiger partial charge in [0.25, 0.3) is 6.43 Å². The summed E-state index contributed by atoms with van der Waals surface area (Å²) in [5.41, 5.74) is -1.48. The molecule has 0 radical (unpaired) electrons. The van der Waals surface area contributed by atoms with Crippen LogP contribution in [-0.2, 0) is 6.18 Å². The maximum atomic E-state index is 12.8. The normalized spacial score (nSPS) is 12.9. The van der Waals surface area contributed by atoms with Crippen molar-refractivity contribution in [2.24, 2.45) is 0 Å². The van der Waals surface area contributed by atoms with Crippen LogP contribution in [0.1, 0.15) is 31.0 Å². The van der Waals surface area contributed by atoms with Gasteiger partial charge >= 0.3 is 6.18 Å². The highest BCUT2D eigenvalue weighted by molar-refractivity contribution is 6.33. The number of nitrogens with zero attached hydrogens (tertiary/aromatic N) is 3.